The van der Waals surface area contributed by atoms with Crippen molar-refractivity contribution in [3.63, 3.8) is 0 Å². The summed E-state index contributed by atoms with van der Waals surface area (Å²) in [5.74, 6) is -3.72. The molecule has 0 aromatic heterocycles. The van der Waals surface area contributed by atoms with E-state index < -0.39 is 22.0 Å². The molecule has 0 radical (unpaired) electrons. The van der Waals surface area contributed by atoms with Gasteiger partial charge in [-0.25, -0.2) is 22.4 Å². The van der Waals surface area contributed by atoms with Crippen LogP contribution in [0.1, 0.15) is 12.5 Å². The second-order valence-corrected chi connectivity index (χ2v) is 7.57. The van der Waals surface area contributed by atoms with E-state index in [-0.39, 0.29) is 11.6 Å². The second kappa shape index (κ2) is 9.44. The van der Waals surface area contributed by atoms with Crippen molar-refractivity contribution >= 4 is 22.0 Å². The van der Waals surface area contributed by atoms with E-state index in [2.05, 4.69) is 4.90 Å². The molecule has 2 N–H and O–H groups in total. The maximum absolute atomic E-state index is 12.8. The Morgan fingerprint density at radius 1 is 1.04 bits per heavy atom. The molecule has 0 atom stereocenters. The maximum Gasteiger partial charge on any atom is 0.414 e. The molecular weight excluding hydrogens is 355 g/mol. The number of sulfonamides is 1. The standard InChI is InChI=1S/C13H19FN2O2S.C2H2O4/c1-2-19(17,18)16-9-7-15(8-10-16)11-12-3-5-13(14)6-4-12;3-1(4)2(5)6/h3-6H,2,7-11H2,1H3;(H,3,4)(H,5,6). The third kappa shape index (κ3) is 7.16. The van der Waals surface area contributed by atoms with Gasteiger partial charge in [0.15, 0.2) is 0 Å². The van der Waals surface area contributed by atoms with Crippen molar-refractivity contribution in [2.45, 2.75) is 13.5 Å². The highest BCUT2D eigenvalue weighted by atomic mass is 32.2. The molecule has 2 rings (SSSR count). The fraction of sp³-hybridized carbons (Fsp3) is 0.467. The monoisotopic (exact) mass is 376 g/mol. The molecule has 0 saturated carbocycles. The first-order chi connectivity index (χ1) is 11.7. The number of carboxylic acid groups (broad SMARTS) is 2. The number of carboxylic acids is 2. The SMILES string of the molecule is CCS(=O)(=O)N1CCN(Cc2ccc(F)cc2)CC1.O=C(O)C(=O)O. The number of carbonyl (C=O) groups is 2. The van der Waals surface area contributed by atoms with Crippen LogP contribution in [-0.4, -0.2) is 71.7 Å². The van der Waals surface area contributed by atoms with E-state index >= 15 is 0 Å². The summed E-state index contributed by atoms with van der Waals surface area (Å²) >= 11 is 0. The summed E-state index contributed by atoms with van der Waals surface area (Å²) in [6.07, 6.45) is 0. The third-order valence-corrected chi connectivity index (χ3v) is 5.47. The Labute approximate surface area is 145 Å². The van der Waals surface area contributed by atoms with Gasteiger partial charge in [-0.15, -0.1) is 0 Å². The average Bonchev–Trinajstić information content (AvgIpc) is 2.58. The van der Waals surface area contributed by atoms with Gasteiger partial charge in [-0.1, -0.05) is 12.1 Å². The molecule has 1 heterocycles. The molecule has 10 heteroatoms. The van der Waals surface area contributed by atoms with Gasteiger partial charge in [0.2, 0.25) is 10.0 Å². The first kappa shape index (κ1) is 21.0. The predicted molar refractivity (Wildman–Crippen MR) is 88.0 cm³/mol. The Bertz CT molecular complexity index is 672. The highest BCUT2D eigenvalue weighted by Crippen LogP contribution is 2.12. The van der Waals surface area contributed by atoms with Gasteiger partial charge >= 0.3 is 11.9 Å². The van der Waals surface area contributed by atoms with Crippen LogP contribution in [0.4, 0.5) is 4.39 Å². The van der Waals surface area contributed by atoms with E-state index in [1.165, 1.54) is 12.1 Å². The van der Waals surface area contributed by atoms with Gasteiger partial charge in [0.05, 0.1) is 5.75 Å². The Morgan fingerprint density at radius 3 is 1.92 bits per heavy atom. The second-order valence-electron chi connectivity index (χ2n) is 5.31. The van der Waals surface area contributed by atoms with Crippen molar-refractivity contribution in [1.82, 2.24) is 9.21 Å². The molecular formula is C15H21FN2O6S. The fourth-order valence-corrected chi connectivity index (χ4v) is 3.28. The zero-order valence-electron chi connectivity index (χ0n) is 13.8. The highest BCUT2D eigenvalue weighted by Gasteiger charge is 2.25. The summed E-state index contributed by atoms with van der Waals surface area (Å²) in [6, 6.07) is 6.44. The molecule has 1 aromatic rings. The van der Waals surface area contributed by atoms with Gasteiger partial charge < -0.3 is 10.2 Å². The van der Waals surface area contributed by atoms with Crippen LogP contribution >= 0.6 is 0 Å². The quantitative estimate of drug-likeness (QED) is 0.733. The van der Waals surface area contributed by atoms with Crippen LogP contribution in [0.25, 0.3) is 0 Å². The minimum absolute atomic E-state index is 0.158. The lowest BCUT2D eigenvalue weighted by atomic mass is 10.2. The largest absolute Gasteiger partial charge is 0.473 e. The van der Waals surface area contributed by atoms with E-state index in [9.17, 15) is 12.8 Å². The van der Waals surface area contributed by atoms with Crippen molar-refractivity contribution in [2.75, 3.05) is 31.9 Å². The van der Waals surface area contributed by atoms with Crippen molar-refractivity contribution in [2.24, 2.45) is 0 Å². The molecule has 0 unspecified atom stereocenters. The molecule has 1 aliphatic rings. The summed E-state index contributed by atoms with van der Waals surface area (Å²) in [4.78, 5) is 20.4. The number of hydrogen-bond donors (Lipinski definition) is 2. The lowest BCUT2D eigenvalue weighted by molar-refractivity contribution is -0.159. The summed E-state index contributed by atoms with van der Waals surface area (Å²) in [5, 5.41) is 14.8. The van der Waals surface area contributed by atoms with Crippen molar-refractivity contribution in [3.8, 4) is 0 Å². The van der Waals surface area contributed by atoms with Crippen molar-refractivity contribution in [3.05, 3.63) is 35.6 Å². The molecule has 1 aliphatic heterocycles. The first-order valence-corrected chi connectivity index (χ1v) is 9.17. The molecule has 25 heavy (non-hydrogen) atoms. The van der Waals surface area contributed by atoms with Crippen LogP contribution in [0.5, 0.6) is 0 Å². The van der Waals surface area contributed by atoms with E-state index in [0.717, 1.165) is 25.2 Å². The normalized spacial score (nSPS) is 15.9. The molecule has 0 aliphatic carbocycles. The Kier molecular flexibility index (Phi) is 7.94. The third-order valence-electron chi connectivity index (χ3n) is 3.59. The smallest absolute Gasteiger partial charge is 0.414 e. The van der Waals surface area contributed by atoms with Gasteiger partial charge in [-0.3, -0.25) is 4.90 Å². The number of benzene rings is 1. The Balaban J connectivity index is 0.000000450. The molecule has 0 spiro atoms. The lowest BCUT2D eigenvalue weighted by Crippen LogP contribution is -2.48. The Morgan fingerprint density at radius 2 is 1.52 bits per heavy atom. The number of nitrogens with zero attached hydrogens (tertiary/aromatic N) is 2. The van der Waals surface area contributed by atoms with Gasteiger partial charge in [-0.05, 0) is 24.6 Å². The van der Waals surface area contributed by atoms with Crippen LogP contribution in [0.2, 0.25) is 0 Å². The van der Waals surface area contributed by atoms with Gasteiger partial charge in [0, 0.05) is 32.7 Å². The molecule has 1 saturated heterocycles. The zero-order chi connectivity index (χ0) is 19.0. The van der Waals surface area contributed by atoms with Crippen LogP contribution in [0.3, 0.4) is 0 Å². The summed E-state index contributed by atoms with van der Waals surface area (Å²) in [7, 11) is -3.07. The molecule has 0 amide bonds. The van der Waals surface area contributed by atoms with Gasteiger partial charge in [-0.2, -0.15) is 4.31 Å². The first-order valence-electron chi connectivity index (χ1n) is 7.56. The maximum atomic E-state index is 12.8. The van der Waals surface area contributed by atoms with Crippen LogP contribution in [0, 0.1) is 5.82 Å². The fourth-order valence-electron chi connectivity index (χ4n) is 2.20. The van der Waals surface area contributed by atoms with Crippen LogP contribution in [-0.2, 0) is 26.2 Å². The van der Waals surface area contributed by atoms with E-state index in [1.807, 2.05) is 0 Å². The molecule has 140 valence electrons. The number of hydrogen-bond acceptors (Lipinski definition) is 5. The highest BCUT2D eigenvalue weighted by molar-refractivity contribution is 7.89. The summed E-state index contributed by atoms with van der Waals surface area (Å²) in [5.41, 5.74) is 1.05. The zero-order valence-corrected chi connectivity index (χ0v) is 14.6. The molecule has 1 fully saturated rings. The van der Waals surface area contributed by atoms with Crippen molar-refractivity contribution < 1.29 is 32.6 Å². The number of rotatable bonds is 4. The summed E-state index contributed by atoms with van der Waals surface area (Å²) in [6.45, 7) is 4.92. The topological polar surface area (TPSA) is 115 Å². The number of halogens is 1. The number of aliphatic carboxylic acids is 2. The van der Waals surface area contributed by atoms with Crippen molar-refractivity contribution in [1.29, 1.82) is 0 Å². The molecule has 8 nitrogen and oxygen atoms in total. The van der Waals surface area contributed by atoms with E-state index in [1.54, 1.807) is 23.4 Å². The lowest BCUT2D eigenvalue weighted by Gasteiger charge is -2.33. The predicted octanol–water partition coefficient (Wildman–Crippen LogP) is 0.449. The molecule has 0 bridgehead atoms. The Hall–Kier alpha value is -2.04. The van der Waals surface area contributed by atoms with Crippen LogP contribution < -0.4 is 0 Å². The minimum atomic E-state index is -3.07. The van der Waals surface area contributed by atoms with Crippen LogP contribution in [0.15, 0.2) is 24.3 Å². The molecule has 1 aromatic carbocycles. The summed E-state index contributed by atoms with van der Waals surface area (Å²) < 4.78 is 37.8. The van der Waals surface area contributed by atoms with Gasteiger partial charge in [0.25, 0.3) is 0 Å². The number of piperazine rings is 1. The van der Waals surface area contributed by atoms with E-state index in [4.69, 9.17) is 19.8 Å². The average molecular weight is 376 g/mol. The van der Waals surface area contributed by atoms with Gasteiger partial charge in [0.1, 0.15) is 5.82 Å². The minimum Gasteiger partial charge on any atom is -0.473 e. The van der Waals surface area contributed by atoms with E-state index in [0.29, 0.717) is 13.1 Å².